The molecule has 0 bridgehead atoms. The molecule has 6 heteroatoms. The zero-order valence-electron chi connectivity index (χ0n) is 14.3. The molecule has 2 aromatic carbocycles. The summed E-state index contributed by atoms with van der Waals surface area (Å²) in [4.78, 5) is 23.0. The molecule has 0 aliphatic rings. The van der Waals surface area contributed by atoms with Gasteiger partial charge in [-0.05, 0) is 23.8 Å². The molecule has 2 rings (SSSR count). The van der Waals surface area contributed by atoms with E-state index in [1.807, 2.05) is 30.3 Å². The van der Waals surface area contributed by atoms with Crippen LogP contribution >= 0.6 is 0 Å². The van der Waals surface area contributed by atoms with Gasteiger partial charge in [-0.15, -0.1) is 0 Å². The summed E-state index contributed by atoms with van der Waals surface area (Å²) in [5.41, 5.74) is 1.21. The number of halogens is 1. The number of hydrogen-bond donors (Lipinski definition) is 1. The van der Waals surface area contributed by atoms with Crippen LogP contribution in [0.3, 0.4) is 0 Å². The molecule has 0 heterocycles. The molecule has 0 spiro atoms. The van der Waals surface area contributed by atoms with Crippen molar-refractivity contribution in [2.75, 3.05) is 13.7 Å². The Morgan fingerprint density at radius 3 is 2.65 bits per heavy atom. The summed E-state index contributed by atoms with van der Waals surface area (Å²) in [6.45, 7) is 0.447. The van der Waals surface area contributed by atoms with Crippen LogP contribution in [0.5, 0.6) is 0 Å². The number of ether oxygens (including phenoxy) is 2. The van der Waals surface area contributed by atoms with Crippen molar-refractivity contribution in [3.05, 3.63) is 71.0 Å². The van der Waals surface area contributed by atoms with E-state index in [2.05, 4.69) is 21.9 Å². The van der Waals surface area contributed by atoms with Gasteiger partial charge < -0.3 is 14.8 Å². The second kappa shape index (κ2) is 9.84. The van der Waals surface area contributed by atoms with Gasteiger partial charge in [-0.2, -0.15) is 0 Å². The van der Waals surface area contributed by atoms with Crippen LogP contribution in [0.15, 0.2) is 48.5 Å². The summed E-state index contributed by atoms with van der Waals surface area (Å²) in [6.07, 6.45) is -0.239. The number of amides is 1. The predicted octanol–water partition coefficient (Wildman–Crippen LogP) is 3.28. The van der Waals surface area contributed by atoms with Crippen molar-refractivity contribution in [3.63, 3.8) is 0 Å². The number of hydrogen-bond acceptors (Lipinski definition) is 4. The lowest BCUT2D eigenvalue weighted by Gasteiger charge is -2.05. The Kier molecular flexibility index (Phi) is 7.19. The standard InChI is InChI=1S/C20H18FNO4/c1-25-19(23)17-10-11-18(21)16(13-17)9-5-6-12-22-20(24)26-14-15-7-3-2-4-8-15/h2-4,7-8,10-11,13H,6,12,14H2,1H3,(H,22,24). The Balaban J connectivity index is 1.78. The molecule has 2 aromatic rings. The number of rotatable bonds is 5. The quantitative estimate of drug-likeness (QED) is 0.508. The van der Waals surface area contributed by atoms with Crippen molar-refractivity contribution < 1.29 is 23.5 Å². The molecule has 5 nitrogen and oxygen atoms in total. The number of esters is 1. The van der Waals surface area contributed by atoms with E-state index in [9.17, 15) is 14.0 Å². The predicted molar refractivity (Wildman–Crippen MR) is 93.9 cm³/mol. The minimum absolute atomic E-state index is 0.0968. The molecule has 134 valence electrons. The number of alkyl carbamates (subject to hydrolysis) is 1. The molecular weight excluding hydrogens is 337 g/mol. The number of nitrogens with one attached hydrogen (secondary N) is 1. The molecule has 0 fully saturated rings. The van der Waals surface area contributed by atoms with Crippen molar-refractivity contribution in [1.82, 2.24) is 5.32 Å². The van der Waals surface area contributed by atoms with Crippen molar-refractivity contribution in [2.24, 2.45) is 0 Å². The zero-order valence-corrected chi connectivity index (χ0v) is 14.3. The molecule has 0 aliphatic carbocycles. The highest BCUT2D eigenvalue weighted by Gasteiger charge is 2.08. The Morgan fingerprint density at radius 1 is 1.15 bits per heavy atom. The lowest BCUT2D eigenvalue weighted by molar-refractivity contribution is 0.0600. The van der Waals surface area contributed by atoms with E-state index in [0.29, 0.717) is 6.42 Å². The molecule has 0 unspecified atom stereocenters. The van der Waals surface area contributed by atoms with E-state index in [0.717, 1.165) is 11.6 Å². The van der Waals surface area contributed by atoms with Gasteiger partial charge in [-0.25, -0.2) is 14.0 Å². The summed E-state index contributed by atoms with van der Waals surface area (Å²) < 4.78 is 23.3. The number of carbonyl (C=O) groups is 2. The Labute approximate surface area is 151 Å². The lowest BCUT2D eigenvalue weighted by atomic mass is 10.1. The number of benzene rings is 2. The van der Waals surface area contributed by atoms with Crippen molar-refractivity contribution in [3.8, 4) is 11.8 Å². The first-order valence-electron chi connectivity index (χ1n) is 7.91. The number of methoxy groups -OCH3 is 1. The van der Waals surface area contributed by atoms with E-state index in [-0.39, 0.29) is 24.3 Å². The lowest BCUT2D eigenvalue weighted by Crippen LogP contribution is -2.24. The van der Waals surface area contributed by atoms with Gasteiger partial charge in [0.2, 0.25) is 0 Å². The Morgan fingerprint density at radius 2 is 1.92 bits per heavy atom. The highest BCUT2D eigenvalue weighted by molar-refractivity contribution is 5.89. The van der Waals surface area contributed by atoms with E-state index in [4.69, 9.17) is 4.74 Å². The van der Waals surface area contributed by atoms with Crippen LogP contribution in [0.25, 0.3) is 0 Å². The van der Waals surface area contributed by atoms with Gasteiger partial charge in [0.15, 0.2) is 0 Å². The third-order valence-electron chi connectivity index (χ3n) is 3.34. The van der Waals surface area contributed by atoms with Gasteiger partial charge in [-0.1, -0.05) is 42.2 Å². The minimum atomic E-state index is -0.559. The minimum Gasteiger partial charge on any atom is -0.465 e. The molecule has 0 aromatic heterocycles. The van der Waals surface area contributed by atoms with E-state index >= 15 is 0 Å². The van der Waals surface area contributed by atoms with Gasteiger partial charge >= 0.3 is 12.1 Å². The van der Waals surface area contributed by atoms with Gasteiger partial charge in [0.25, 0.3) is 0 Å². The Bertz CT molecular complexity index is 825. The molecular formula is C20H18FNO4. The van der Waals surface area contributed by atoms with Crippen LogP contribution in [0.2, 0.25) is 0 Å². The van der Waals surface area contributed by atoms with Crippen LogP contribution in [0, 0.1) is 17.7 Å². The molecule has 0 aliphatic heterocycles. The zero-order chi connectivity index (χ0) is 18.8. The van der Waals surface area contributed by atoms with Gasteiger partial charge in [0, 0.05) is 13.0 Å². The smallest absolute Gasteiger partial charge is 0.407 e. The van der Waals surface area contributed by atoms with Crippen LogP contribution in [-0.2, 0) is 16.1 Å². The van der Waals surface area contributed by atoms with Gasteiger partial charge in [-0.3, -0.25) is 0 Å². The monoisotopic (exact) mass is 355 g/mol. The molecule has 1 N–H and O–H groups in total. The fourth-order valence-corrected chi connectivity index (χ4v) is 2.02. The summed E-state index contributed by atoms with van der Waals surface area (Å²) in [5.74, 6) is 4.30. The van der Waals surface area contributed by atoms with Crippen LogP contribution in [0.4, 0.5) is 9.18 Å². The van der Waals surface area contributed by atoms with E-state index in [1.54, 1.807) is 0 Å². The maximum absolute atomic E-state index is 13.7. The third-order valence-corrected chi connectivity index (χ3v) is 3.34. The highest BCUT2D eigenvalue weighted by atomic mass is 19.1. The molecule has 26 heavy (non-hydrogen) atoms. The maximum atomic E-state index is 13.7. The summed E-state index contributed by atoms with van der Waals surface area (Å²) in [7, 11) is 1.25. The molecule has 0 radical (unpaired) electrons. The molecule has 0 saturated carbocycles. The van der Waals surface area contributed by atoms with Gasteiger partial charge in [0.05, 0.1) is 18.2 Å². The van der Waals surface area contributed by atoms with E-state index in [1.165, 1.54) is 19.2 Å². The summed E-state index contributed by atoms with van der Waals surface area (Å²) >= 11 is 0. The van der Waals surface area contributed by atoms with Crippen molar-refractivity contribution in [2.45, 2.75) is 13.0 Å². The van der Waals surface area contributed by atoms with Crippen LogP contribution < -0.4 is 5.32 Å². The second-order valence-corrected chi connectivity index (χ2v) is 5.23. The fraction of sp³-hybridized carbons (Fsp3) is 0.200. The second-order valence-electron chi connectivity index (χ2n) is 5.23. The largest absolute Gasteiger partial charge is 0.465 e. The van der Waals surface area contributed by atoms with Crippen molar-refractivity contribution in [1.29, 1.82) is 0 Å². The molecule has 0 saturated heterocycles. The van der Waals surface area contributed by atoms with Crippen LogP contribution in [0.1, 0.15) is 27.9 Å². The Hall–Kier alpha value is -3.33. The molecule has 0 atom stereocenters. The fourth-order valence-electron chi connectivity index (χ4n) is 2.02. The first-order valence-corrected chi connectivity index (χ1v) is 7.91. The maximum Gasteiger partial charge on any atom is 0.407 e. The van der Waals surface area contributed by atoms with Crippen LogP contribution in [-0.4, -0.2) is 25.7 Å². The normalized spacial score (nSPS) is 9.62. The SMILES string of the molecule is COC(=O)c1ccc(F)c(C#CCCNC(=O)OCc2ccccc2)c1. The average molecular weight is 355 g/mol. The average Bonchev–Trinajstić information content (AvgIpc) is 2.67. The van der Waals surface area contributed by atoms with Gasteiger partial charge in [0.1, 0.15) is 12.4 Å². The first-order chi connectivity index (χ1) is 12.6. The third kappa shape index (κ3) is 5.95. The summed E-state index contributed by atoms with van der Waals surface area (Å²) in [6, 6.07) is 13.1. The van der Waals surface area contributed by atoms with E-state index < -0.39 is 17.9 Å². The summed E-state index contributed by atoms with van der Waals surface area (Å²) in [5, 5.41) is 2.56. The highest BCUT2D eigenvalue weighted by Crippen LogP contribution is 2.10. The first kappa shape index (κ1) is 19.0. The topological polar surface area (TPSA) is 64.6 Å². The molecule has 1 amide bonds. The number of carbonyl (C=O) groups excluding carboxylic acids is 2. The van der Waals surface area contributed by atoms with Crippen molar-refractivity contribution >= 4 is 12.1 Å².